The predicted octanol–water partition coefficient (Wildman–Crippen LogP) is 1.63. The van der Waals surface area contributed by atoms with Crippen molar-refractivity contribution in [3.63, 3.8) is 0 Å². The van der Waals surface area contributed by atoms with E-state index >= 15 is 0 Å². The molecular weight excluding hydrogens is 274 g/mol. The molecule has 1 aliphatic heterocycles. The standard InChI is InChI=1S/C15H19NO5/c1-2-11(17)9-3-5-16(6-4-9)15(21)10-7-12(18)14(20)13(19)8-10/h7-9,18-20H,2-6H2,1H3. The Kier molecular flexibility index (Phi) is 4.35. The molecule has 0 aromatic heterocycles. The third-order valence-corrected chi connectivity index (χ3v) is 3.90. The second-order valence-corrected chi connectivity index (χ2v) is 5.25. The van der Waals surface area contributed by atoms with Gasteiger partial charge in [0.2, 0.25) is 0 Å². The topological polar surface area (TPSA) is 98.1 Å². The van der Waals surface area contributed by atoms with Gasteiger partial charge in [0.1, 0.15) is 5.78 Å². The van der Waals surface area contributed by atoms with Crippen LogP contribution in [0.2, 0.25) is 0 Å². The molecule has 3 N–H and O–H groups in total. The molecule has 0 bridgehead atoms. The van der Waals surface area contributed by atoms with Crippen LogP contribution in [0.15, 0.2) is 12.1 Å². The highest BCUT2D eigenvalue weighted by Crippen LogP contribution is 2.36. The van der Waals surface area contributed by atoms with Crippen LogP contribution in [0.1, 0.15) is 36.5 Å². The van der Waals surface area contributed by atoms with E-state index in [2.05, 4.69) is 0 Å². The van der Waals surface area contributed by atoms with E-state index in [1.807, 2.05) is 6.92 Å². The van der Waals surface area contributed by atoms with E-state index in [4.69, 9.17) is 0 Å². The molecule has 0 spiro atoms. The summed E-state index contributed by atoms with van der Waals surface area (Å²) in [5.74, 6) is -1.80. The minimum absolute atomic E-state index is 0.0145. The van der Waals surface area contributed by atoms with Crippen LogP contribution in [-0.4, -0.2) is 45.0 Å². The van der Waals surface area contributed by atoms with Crippen LogP contribution < -0.4 is 0 Å². The Morgan fingerprint density at radius 3 is 2.14 bits per heavy atom. The number of benzene rings is 1. The molecule has 1 heterocycles. The summed E-state index contributed by atoms with van der Waals surface area (Å²) in [5.41, 5.74) is 0.114. The molecule has 1 amide bonds. The second kappa shape index (κ2) is 6.03. The summed E-state index contributed by atoms with van der Waals surface area (Å²) >= 11 is 0. The van der Waals surface area contributed by atoms with Gasteiger partial charge in [-0.05, 0) is 25.0 Å². The first-order valence-electron chi connectivity index (χ1n) is 7.01. The van der Waals surface area contributed by atoms with E-state index in [-0.39, 0.29) is 23.2 Å². The Morgan fingerprint density at radius 2 is 1.67 bits per heavy atom. The van der Waals surface area contributed by atoms with Crippen molar-refractivity contribution in [2.75, 3.05) is 13.1 Å². The summed E-state index contributed by atoms with van der Waals surface area (Å²) in [6.07, 6.45) is 1.78. The number of ketones is 1. The van der Waals surface area contributed by atoms with Crippen LogP contribution in [0.5, 0.6) is 17.2 Å². The fourth-order valence-corrected chi connectivity index (χ4v) is 2.60. The summed E-state index contributed by atoms with van der Waals surface area (Å²) in [4.78, 5) is 25.5. The average Bonchev–Trinajstić information content (AvgIpc) is 2.50. The lowest BCUT2D eigenvalue weighted by Crippen LogP contribution is -2.40. The van der Waals surface area contributed by atoms with E-state index in [9.17, 15) is 24.9 Å². The number of piperidine rings is 1. The molecule has 1 aromatic rings. The van der Waals surface area contributed by atoms with Gasteiger partial charge in [0.05, 0.1) is 0 Å². The molecule has 0 atom stereocenters. The molecular formula is C15H19NO5. The van der Waals surface area contributed by atoms with Crippen LogP contribution in [0, 0.1) is 5.92 Å². The third-order valence-electron chi connectivity index (χ3n) is 3.90. The van der Waals surface area contributed by atoms with E-state index in [0.717, 1.165) is 12.1 Å². The van der Waals surface area contributed by atoms with Crippen LogP contribution in [-0.2, 0) is 4.79 Å². The first kappa shape index (κ1) is 15.2. The van der Waals surface area contributed by atoms with Crippen molar-refractivity contribution in [3.05, 3.63) is 17.7 Å². The van der Waals surface area contributed by atoms with Crippen molar-refractivity contribution in [3.8, 4) is 17.2 Å². The molecule has 0 aliphatic carbocycles. The maximum absolute atomic E-state index is 12.3. The molecule has 2 rings (SSSR count). The van der Waals surface area contributed by atoms with E-state index in [1.165, 1.54) is 0 Å². The average molecular weight is 293 g/mol. The summed E-state index contributed by atoms with van der Waals surface area (Å²) in [6.45, 7) is 2.77. The minimum Gasteiger partial charge on any atom is -0.504 e. The predicted molar refractivity (Wildman–Crippen MR) is 75.4 cm³/mol. The largest absolute Gasteiger partial charge is 0.504 e. The molecule has 21 heavy (non-hydrogen) atoms. The van der Waals surface area contributed by atoms with Crippen LogP contribution in [0.25, 0.3) is 0 Å². The van der Waals surface area contributed by atoms with Gasteiger partial charge < -0.3 is 20.2 Å². The lowest BCUT2D eigenvalue weighted by atomic mass is 9.91. The number of amides is 1. The molecule has 0 unspecified atom stereocenters. The number of carbonyl (C=O) groups excluding carboxylic acids is 2. The summed E-state index contributed by atoms with van der Waals surface area (Å²) in [6, 6.07) is 2.25. The zero-order chi connectivity index (χ0) is 15.6. The van der Waals surface area contributed by atoms with Gasteiger partial charge >= 0.3 is 0 Å². The summed E-state index contributed by atoms with van der Waals surface area (Å²) < 4.78 is 0. The van der Waals surface area contributed by atoms with Gasteiger partial charge in [-0.1, -0.05) is 6.92 Å². The maximum atomic E-state index is 12.3. The monoisotopic (exact) mass is 293 g/mol. The van der Waals surface area contributed by atoms with Gasteiger partial charge in [-0.15, -0.1) is 0 Å². The smallest absolute Gasteiger partial charge is 0.254 e. The lowest BCUT2D eigenvalue weighted by molar-refractivity contribution is -0.123. The number of phenols is 3. The Labute approximate surface area is 122 Å². The molecule has 1 saturated heterocycles. The van der Waals surface area contributed by atoms with Crippen molar-refractivity contribution in [2.24, 2.45) is 5.92 Å². The number of hydrogen-bond donors (Lipinski definition) is 3. The molecule has 0 saturated carbocycles. The molecule has 6 heteroatoms. The number of hydrogen-bond acceptors (Lipinski definition) is 5. The zero-order valence-corrected chi connectivity index (χ0v) is 11.9. The number of carbonyl (C=O) groups is 2. The van der Waals surface area contributed by atoms with E-state index < -0.39 is 17.2 Å². The molecule has 114 valence electrons. The van der Waals surface area contributed by atoms with Gasteiger partial charge in [0.15, 0.2) is 17.2 Å². The third kappa shape index (κ3) is 3.09. The Hall–Kier alpha value is -2.24. The number of nitrogens with zero attached hydrogens (tertiary/aromatic N) is 1. The van der Waals surface area contributed by atoms with Gasteiger partial charge in [0.25, 0.3) is 5.91 Å². The highest BCUT2D eigenvalue weighted by atomic mass is 16.3. The lowest BCUT2D eigenvalue weighted by Gasteiger charge is -2.31. The van der Waals surface area contributed by atoms with Gasteiger partial charge in [-0.3, -0.25) is 9.59 Å². The first-order chi connectivity index (χ1) is 9.93. The number of likely N-dealkylation sites (tertiary alicyclic amines) is 1. The Bertz CT molecular complexity index is 538. The minimum atomic E-state index is -0.640. The van der Waals surface area contributed by atoms with Crippen LogP contribution in [0.3, 0.4) is 0 Å². The number of aromatic hydroxyl groups is 3. The molecule has 0 radical (unpaired) electrons. The normalized spacial score (nSPS) is 16.0. The van der Waals surface area contributed by atoms with Crippen molar-refractivity contribution >= 4 is 11.7 Å². The molecule has 1 aliphatic rings. The first-order valence-corrected chi connectivity index (χ1v) is 7.01. The second-order valence-electron chi connectivity index (χ2n) is 5.25. The maximum Gasteiger partial charge on any atom is 0.254 e. The zero-order valence-electron chi connectivity index (χ0n) is 11.9. The fourth-order valence-electron chi connectivity index (χ4n) is 2.60. The summed E-state index contributed by atoms with van der Waals surface area (Å²) in [7, 11) is 0. The highest BCUT2D eigenvalue weighted by Gasteiger charge is 2.27. The van der Waals surface area contributed by atoms with Crippen molar-refractivity contribution < 1.29 is 24.9 Å². The molecule has 1 aromatic carbocycles. The number of phenolic OH excluding ortho intramolecular Hbond substituents is 3. The van der Waals surface area contributed by atoms with Crippen molar-refractivity contribution in [1.29, 1.82) is 0 Å². The highest BCUT2D eigenvalue weighted by molar-refractivity contribution is 5.95. The van der Waals surface area contributed by atoms with Crippen LogP contribution in [0.4, 0.5) is 0 Å². The van der Waals surface area contributed by atoms with Crippen molar-refractivity contribution in [2.45, 2.75) is 26.2 Å². The van der Waals surface area contributed by atoms with Gasteiger partial charge in [-0.25, -0.2) is 0 Å². The van der Waals surface area contributed by atoms with Crippen LogP contribution >= 0.6 is 0 Å². The van der Waals surface area contributed by atoms with Gasteiger partial charge in [-0.2, -0.15) is 0 Å². The number of Topliss-reactive ketones (excluding diaryl/α,β-unsaturated/α-hetero) is 1. The van der Waals surface area contributed by atoms with Crippen molar-refractivity contribution in [1.82, 2.24) is 4.90 Å². The Balaban J connectivity index is 2.07. The fraction of sp³-hybridized carbons (Fsp3) is 0.467. The quantitative estimate of drug-likeness (QED) is 0.736. The SMILES string of the molecule is CCC(=O)C1CCN(C(=O)c2cc(O)c(O)c(O)c2)CC1. The summed E-state index contributed by atoms with van der Waals surface area (Å²) in [5, 5.41) is 28.2. The number of rotatable bonds is 3. The molecule has 1 fully saturated rings. The van der Waals surface area contributed by atoms with Gasteiger partial charge in [0, 0.05) is 31.0 Å². The Morgan fingerprint density at radius 1 is 1.14 bits per heavy atom. The van der Waals surface area contributed by atoms with E-state index in [0.29, 0.717) is 32.4 Å². The molecule has 6 nitrogen and oxygen atoms in total. The van der Waals surface area contributed by atoms with E-state index in [1.54, 1.807) is 4.90 Å².